The van der Waals surface area contributed by atoms with E-state index in [-0.39, 0.29) is 0 Å². The van der Waals surface area contributed by atoms with Crippen molar-refractivity contribution in [3.63, 3.8) is 0 Å². The number of aromatic nitrogens is 1. The molecule has 1 aromatic heterocycles. The van der Waals surface area contributed by atoms with Gasteiger partial charge in [-0.1, -0.05) is 37.1 Å². The van der Waals surface area contributed by atoms with E-state index >= 15 is 0 Å². The first-order chi connectivity index (χ1) is 8.17. The summed E-state index contributed by atoms with van der Waals surface area (Å²) in [5, 5.41) is 12.9. The lowest BCUT2D eigenvalue weighted by Crippen LogP contribution is -2.22. The molecule has 0 spiro atoms. The molecular formula is C15H17NO. The molecule has 3 rings (SSSR count). The van der Waals surface area contributed by atoms with E-state index in [9.17, 15) is 5.11 Å². The van der Waals surface area contributed by atoms with E-state index in [1.807, 2.05) is 37.5 Å². The van der Waals surface area contributed by atoms with E-state index < -0.39 is 5.60 Å². The molecule has 1 fully saturated rings. The van der Waals surface area contributed by atoms with Gasteiger partial charge in [0, 0.05) is 23.3 Å². The Morgan fingerprint density at radius 2 is 2.06 bits per heavy atom. The molecule has 0 amide bonds. The van der Waals surface area contributed by atoms with Crippen molar-refractivity contribution >= 4 is 10.8 Å². The summed E-state index contributed by atoms with van der Waals surface area (Å²) in [5.74, 6) is 0.698. The lowest BCUT2D eigenvalue weighted by atomic mass is 9.88. The van der Waals surface area contributed by atoms with Crippen LogP contribution in [0.2, 0.25) is 0 Å². The van der Waals surface area contributed by atoms with Crippen molar-refractivity contribution in [1.29, 1.82) is 0 Å². The fourth-order valence-corrected chi connectivity index (χ4v) is 2.54. The van der Waals surface area contributed by atoms with Gasteiger partial charge in [0.15, 0.2) is 0 Å². The van der Waals surface area contributed by atoms with Crippen LogP contribution in [0, 0.1) is 5.92 Å². The predicted molar refractivity (Wildman–Crippen MR) is 68.7 cm³/mol. The molecule has 1 aliphatic rings. The quantitative estimate of drug-likeness (QED) is 0.873. The fraction of sp³-hybridized carbons (Fsp3) is 0.400. The summed E-state index contributed by atoms with van der Waals surface area (Å²) in [6.45, 7) is 1.91. The molecule has 2 nitrogen and oxygen atoms in total. The Morgan fingerprint density at radius 3 is 2.82 bits per heavy atom. The SMILES string of the molecule is CC(O)(CC1CC1)c1cncc2ccccc12. The Labute approximate surface area is 101 Å². The van der Waals surface area contributed by atoms with Crippen molar-refractivity contribution in [3.8, 4) is 0 Å². The first kappa shape index (κ1) is 10.7. The van der Waals surface area contributed by atoms with Gasteiger partial charge in [-0.2, -0.15) is 0 Å². The minimum atomic E-state index is -0.755. The lowest BCUT2D eigenvalue weighted by molar-refractivity contribution is 0.0429. The molecule has 1 aromatic carbocycles. The predicted octanol–water partition coefficient (Wildman–Crippen LogP) is 3.24. The van der Waals surface area contributed by atoms with E-state index in [4.69, 9.17) is 0 Å². The van der Waals surface area contributed by atoms with Gasteiger partial charge < -0.3 is 5.11 Å². The minimum absolute atomic E-state index is 0.698. The van der Waals surface area contributed by atoms with Crippen LogP contribution in [0.4, 0.5) is 0 Å². The molecule has 1 heterocycles. The highest BCUT2D eigenvalue weighted by Crippen LogP contribution is 2.41. The van der Waals surface area contributed by atoms with Crippen molar-refractivity contribution in [3.05, 3.63) is 42.2 Å². The average molecular weight is 227 g/mol. The highest BCUT2D eigenvalue weighted by Gasteiger charge is 2.34. The standard InChI is InChI=1S/C15H17NO/c1-15(17,8-11-6-7-11)14-10-16-9-12-4-2-3-5-13(12)14/h2-5,9-11,17H,6-8H2,1H3. The molecule has 1 N–H and O–H groups in total. The Morgan fingerprint density at radius 1 is 1.29 bits per heavy atom. The van der Waals surface area contributed by atoms with Gasteiger partial charge in [-0.15, -0.1) is 0 Å². The second kappa shape index (κ2) is 3.81. The van der Waals surface area contributed by atoms with Crippen LogP contribution in [0.5, 0.6) is 0 Å². The molecule has 1 saturated carbocycles. The van der Waals surface area contributed by atoms with Crippen LogP contribution < -0.4 is 0 Å². The van der Waals surface area contributed by atoms with Crippen LogP contribution >= 0.6 is 0 Å². The molecule has 1 atom stereocenters. The van der Waals surface area contributed by atoms with Crippen LogP contribution in [-0.2, 0) is 5.60 Å². The Kier molecular flexibility index (Phi) is 2.40. The molecule has 1 unspecified atom stereocenters. The zero-order chi connectivity index (χ0) is 11.9. The van der Waals surface area contributed by atoms with E-state index in [0.717, 1.165) is 22.8 Å². The second-order valence-corrected chi connectivity index (χ2v) is 5.33. The highest BCUT2D eigenvalue weighted by molar-refractivity contribution is 5.85. The fourth-order valence-electron chi connectivity index (χ4n) is 2.54. The molecule has 0 radical (unpaired) electrons. The Bertz CT molecular complexity index is 538. The van der Waals surface area contributed by atoms with Crippen molar-refractivity contribution < 1.29 is 5.11 Å². The number of benzene rings is 1. The van der Waals surface area contributed by atoms with Crippen molar-refractivity contribution in [2.45, 2.75) is 31.8 Å². The number of hydrogen-bond donors (Lipinski definition) is 1. The summed E-state index contributed by atoms with van der Waals surface area (Å²) in [5.41, 5.74) is 0.206. The molecule has 1 aliphatic carbocycles. The third kappa shape index (κ3) is 2.05. The van der Waals surface area contributed by atoms with Gasteiger partial charge in [0.05, 0.1) is 5.60 Å². The minimum Gasteiger partial charge on any atom is -0.385 e. The largest absolute Gasteiger partial charge is 0.385 e. The van der Waals surface area contributed by atoms with E-state index in [1.54, 1.807) is 0 Å². The number of aliphatic hydroxyl groups is 1. The van der Waals surface area contributed by atoms with E-state index in [0.29, 0.717) is 5.92 Å². The van der Waals surface area contributed by atoms with E-state index in [1.165, 1.54) is 12.8 Å². The summed E-state index contributed by atoms with van der Waals surface area (Å²) in [7, 11) is 0. The van der Waals surface area contributed by atoms with Crippen LogP contribution in [0.1, 0.15) is 31.7 Å². The number of rotatable bonds is 3. The van der Waals surface area contributed by atoms with Crippen molar-refractivity contribution in [1.82, 2.24) is 4.98 Å². The third-order valence-corrected chi connectivity index (χ3v) is 3.63. The number of hydrogen-bond acceptors (Lipinski definition) is 2. The smallest absolute Gasteiger partial charge is 0.0892 e. The number of nitrogens with zero attached hydrogens (tertiary/aromatic N) is 1. The molecule has 17 heavy (non-hydrogen) atoms. The van der Waals surface area contributed by atoms with Gasteiger partial charge >= 0.3 is 0 Å². The van der Waals surface area contributed by atoms with Gasteiger partial charge in [-0.25, -0.2) is 0 Å². The van der Waals surface area contributed by atoms with Gasteiger partial charge in [-0.3, -0.25) is 4.98 Å². The summed E-state index contributed by atoms with van der Waals surface area (Å²) < 4.78 is 0. The highest BCUT2D eigenvalue weighted by atomic mass is 16.3. The zero-order valence-corrected chi connectivity index (χ0v) is 10.1. The van der Waals surface area contributed by atoms with Crippen LogP contribution in [0.15, 0.2) is 36.7 Å². The molecule has 2 aromatic rings. The summed E-state index contributed by atoms with van der Waals surface area (Å²) in [4.78, 5) is 4.25. The molecule has 0 bridgehead atoms. The summed E-state index contributed by atoms with van der Waals surface area (Å²) >= 11 is 0. The van der Waals surface area contributed by atoms with Crippen LogP contribution in [-0.4, -0.2) is 10.1 Å². The van der Waals surface area contributed by atoms with Gasteiger partial charge in [0.25, 0.3) is 0 Å². The topological polar surface area (TPSA) is 33.1 Å². The van der Waals surface area contributed by atoms with Crippen LogP contribution in [0.25, 0.3) is 10.8 Å². The zero-order valence-electron chi connectivity index (χ0n) is 10.1. The molecule has 0 saturated heterocycles. The number of pyridine rings is 1. The maximum absolute atomic E-state index is 10.7. The summed E-state index contributed by atoms with van der Waals surface area (Å²) in [6, 6.07) is 8.12. The molecular weight excluding hydrogens is 210 g/mol. The Hall–Kier alpha value is -1.41. The first-order valence-corrected chi connectivity index (χ1v) is 6.22. The molecule has 0 aliphatic heterocycles. The summed E-state index contributed by atoms with van der Waals surface area (Å²) in [6.07, 6.45) is 7.03. The lowest BCUT2D eigenvalue weighted by Gasteiger charge is -2.25. The third-order valence-electron chi connectivity index (χ3n) is 3.63. The van der Waals surface area contributed by atoms with Gasteiger partial charge in [0.2, 0.25) is 0 Å². The number of fused-ring (bicyclic) bond motifs is 1. The van der Waals surface area contributed by atoms with Crippen LogP contribution in [0.3, 0.4) is 0 Å². The monoisotopic (exact) mass is 227 g/mol. The first-order valence-electron chi connectivity index (χ1n) is 6.22. The van der Waals surface area contributed by atoms with Crippen molar-refractivity contribution in [2.24, 2.45) is 5.92 Å². The molecule has 88 valence electrons. The Balaban J connectivity index is 2.09. The average Bonchev–Trinajstić information content (AvgIpc) is 3.11. The maximum Gasteiger partial charge on any atom is 0.0892 e. The maximum atomic E-state index is 10.7. The normalized spacial score (nSPS) is 19.2. The van der Waals surface area contributed by atoms with E-state index in [2.05, 4.69) is 11.1 Å². The van der Waals surface area contributed by atoms with Gasteiger partial charge in [-0.05, 0) is 24.6 Å². The molecule has 2 heteroatoms. The van der Waals surface area contributed by atoms with Gasteiger partial charge in [0.1, 0.15) is 0 Å². The van der Waals surface area contributed by atoms with Crippen molar-refractivity contribution in [2.75, 3.05) is 0 Å². The second-order valence-electron chi connectivity index (χ2n) is 5.33.